The normalized spacial score (nSPS) is 11.1. The molecule has 184 valence electrons. The Morgan fingerprint density at radius 3 is 2.14 bits per heavy atom. The van der Waals surface area contributed by atoms with Crippen LogP contribution in [0.2, 0.25) is 15.1 Å². The quantitative estimate of drug-likeness (QED) is 0.245. The lowest BCUT2D eigenvalue weighted by Crippen LogP contribution is -2.38. The van der Waals surface area contributed by atoms with Crippen molar-refractivity contribution < 1.29 is 17.9 Å². The number of sulfonamides is 1. The molecule has 0 aliphatic carbocycles. The number of anilines is 2. The van der Waals surface area contributed by atoms with Gasteiger partial charge in [-0.1, -0.05) is 59.1 Å². The van der Waals surface area contributed by atoms with Gasteiger partial charge in [0.2, 0.25) is 5.91 Å². The Morgan fingerprint density at radius 1 is 0.778 bits per heavy atom. The smallest absolute Gasteiger partial charge is 0.264 e. The molecule has 1 amide bonds. The zero-order valence-corrected chi connectivity index (χ0v) is 21.7. The van der Waals surface area contributed by atoms with Crippen molar-refractivity contribution in [3.05, 3.63) is 112 Å². The molecule has 0 radical (unpaired) electrons. The average molecular weight is 562 g/mol. The monoisotopic (exact) mass is 560 g/mol. The van der Waals surface area contributed by atoms with E-state index < -0.39 is 22.5 Å². The van der Waals surface area contributed by atoms with E-state index >= 15 is 0 Å². The Labute approximate surface area is 224 Å². The van der Waals surface area contributed by atoms with Gasteiger partial charge in [-0.3, -0.25) is 9.10 Å². The third kappa shape index (κ3) is 6.30. The molecule has 0 fully saturated rings. The lowest BCUT2D eigenvalue weighted by Gasteiger charge is -2.24. The molecule has 0 aliphatic heterocycles. The van der Waals surface area contributed by atoms with Crippen molar-refractivity contribution in [2.45, 2.75) is 4.90 Å². The van der Waals surface area contributed by atoms with Gasteiger partial charge in [-0.05, 0) is 72.8 Å². The second kappa shape index (κ2) is 11.2. The van der Waals surface area contributed by atoms with Crippen molar-refractivity contribution in [2.75, 3.05) is 16.2 Å². The van der Waals surface area contributed by atoms with E-state index in [0.717, 1.165) is 4.31 Å². The van der Waals surface area contributed by atoms with Crippen molar-refractivity contribution >= 4 is 62.1 Å². The minimum atomic E-state index is -4.14. The third-order valence-corrected chi connectivity index (χ3v) is 7.48. The number of nitrogens with one attached hydrogen (secondary N) is 1. The Morgan fingerprint density at radius 2 is 1.44 bits per heavy atom. The number of rotatable bonds is 8. The molecule has 0 aromatic heterocycles. The second-order valence-electron chi connectivity index (χ2n) is 7.55. The van der Waals surface area contributed by atoms with Crippen LogP contribution in [0.25, 0.3) is 0 Å². The Balaban J connectivity index is 1.64. The SMILES string of the molecule is O=C(CN(c1cccc(Cl)c1)S(=O)(=O)c1ccc(Cl)cc1)Nc1cc(Cl)ccc1Oc1ccccc1. The van der Waals surface area contributed by atoms with Crippen LogP contribution < -0.4 is 14.4 Å². The van der Waals surface area contributed by atoms with E-state index in [1.807, 2.05) is 18.2 Å². The molecule has 1 N–H and O–H groups in total. The molecule has 4 rings (SSSR count). The lowest BCUT2D eigenvalue weighted by atomic mass is 10.2. The molecule has 36 heavy (non-hydrogen) atoms. The van der Waals surface area contributed by atoms with Gasteiger partial charge in [-0.2, -0.15) is 0 Å². The molecule has 0 spiro atoms. The lowest BCUT2D eigenvalue weighted by molar-refractivity contribution is -0.114. The molecule has 4 aromatic carbocycles. The summed E-state index contributed by atoms with van der Waals surface area (Å²) in [6, 6.07) is 25.7. The first-order valence-electron chi connectivity index (χ1n) is 10.6. The summed E-state index contributed by atoms with van der Waals surface area (Å²) in [6.45, 7) is -0.539. The number of ether oxygens (including phenoxy) is 1. The number of hydrogen-bond donors (Lipinski definition) is 1. The minimum Gasteiger partial charge on any atom is -0.455 e. The number of para-hydroxylation sites is 1. The van der Waals surface area contributed by atoms with Gasteiger partial charge in [0.25, 0.3) is 10.0 Å². The van der Waals surface area contributed by atoms with Gasteiger partial charge < -0.3 is 10.1 Å². The number of halogens is 3. The van der Waals surface area contributed by atoms with Crippen LogP contribution in [-0.4, -0.2) is 20.9 Å². The summed E-state index contributed by atoms with van der Waals surface area (Å²) in [5.74, 6) is 0.280. The summed E-state index contributed by atoms with van der Waals surface area (Å²) in [5, 5.41) is 3.78. The van der Waals surface area contributed by atoms with E-state index in [1.54, 1.807) is 42.5 Å². The van der Waals surface area contributed by atoms with Gasteiger partial charge in [0.05, 0.1) is 16.3 Å². The van der Waals surface area contributed by atoms with Crippen molar-refractivity contribution in [1.82, 2.24) is 0 Å². The van der Waals surface area contributed by atoms with E-state index in [2.05, 4.69) is 5.32 Å². The molecule has 0 unspecified atom stereocenters. The summed E-state index contributed by atoms with van der Waals surface area (Å²) in [4.78, 5) is 13.1. The van der Waals surface area contributed by atoms with E-state index in [1.165, 1.54) is 36.4 Å². The third-order valence-electron chi connectivity index (χ3n) is 4.97. The van der Waals surface area contributed by atoms with E-state index in [0.29, 0.717) is 26.6 Å². The number of carbonyl (C=O) groups is 1. The zero-order valence-electron chi connectivity index (χ0n) is 18.6. The van der Waals surface area contributed by atoms with Crippen LogP contribution >= 0.6 is 34.8 Å². The highest BCUT2D eigenvalue weighted by Gasteiger charge is 2.28. The maximum Gasteiger partial charge on any atom is 0.264 e. The predicted molar refractivity (Wildman–Crippen MR) is 144 cm³/mol. The molecular weight excluding hydrogens is 543 g/mol. The standard InChI is InChI=1S/C26H19Cl3N2O4S/c27-18-9-12-23(13-10-18)36(33,34)31(21-6-4-5-19(28)15-21)17-26(32)30-24-16-20(29)11-14-25(24)35-22-7-2-1-3-8-22/h1-16H,17H2,(H,30,32). The molecule has 10 heteroatoms. The van der Waals surface area contributed by atoms with Crippen molar-refractivity contribution in [3.8, 4) is 11.5 Å². The highest BCUT2D eigenvalue weighted by molar-refractivity contribution is 7.92. The summed E-state index contributed by atoms with van der Waals surface area (Å²) in [7, 11) is -4.14. The topological polar surface area (TPSA) is 75.7 Å². The maximum absolute atomic E-state index is 13.5. The molecule has 0 atom stereocenters. The number of carbonyl (C=O) groups excluding carboxylic acids is 1. The number of hydrogen-bond acceptors (Lipinski definition) is 4. The predicted octanol–water partition coefficient (Wildman–Crippen LogP) is 7.27. The van der Waals surface area contributed by atoms with Crippen LogP contribution in [0.1, 0.15) is 0 Å². The van der Waals surface area contributed by atoms with Crippen molar-refractivity contribution in [3.63, 3.8) is 0 Å². The number of amides is 1. The number of nitrogens with zero attached hydrogens (tertiary/aromatic N) is 1. The van der Waals surface area contributed by atoms with E-state index in [4.69, 9.17) is 39.5 Å². The molecule has 0 bridgehead atoms. The highest BCUT2D eigenvalue weighted by Crippen LogP contribution is 2.33. The van der Waals surface area contributed by atoms with Crippen LogP contribution in [0.4, 0.5) is 11.4 Å². The Bertz CT molecular complexity index is 1480. The summed E-state index contributed by atoms with van der Waals surface area (Å²) in [6.07, 6.45) is 0. The molecule has 0 heterocycles. The van der Waals surface area contributed by atoms with Crippen LogP contribution in [0.5, 0.6) is 11.5 Å². The molecule has 4 aromatic rings. The summed E-state index contributed by atoms with van der Waals surface area (Å²) >= 11 is 18.2. The van der Waals surface area contributed by atoms with Crippen LogP contribution in [0.3, 0.4) is 0 Å². The van der Waals surface area contributed by atoms with E-state index in [-0.39, 0.29) is 16.3 Å². The molecule has 0 aliphatic rings. The Hall–Kier alpha value is -3.23. The first-order valence-corrected chi connectivity index (χ1v) is 13.2. The Kier molecular flexibility index (Phi) is 8.06. The van der Waals surface area contributed by atoms with E-state index in [9.17, 15) is 13.2 Å². The van der Waals surface area contributed by atoms with Crippen LogP contribution in [0, 0.1) is 0 Å². The molecular formula is C26H19Cl3N2O4S. The first kappa shape index (κ1) is 25.9. The number of benzene rings is 4. The molecule has 0 saturated carbocycles. The average Bonchev–Trinajstić information content (AvgIpc) is 2.85. The fourth-order valence-corrected chi connectivity index (χ4v) is 5.20. The van der Waals surface area contributed by atoms with Crippen molar-refractivity contribution in [1.29, 1.82) is 0 Å². The molecule has 0 saturated heterocycles. The van der Waals surface area contributed by atoms with Gasteiger partial charge in [0.15, 0.2) is 5.75 Å². The van der Waals surface area contributed by atoms with Gasteiger partial charge in [0, 0.05) is 15.1 Å². The van der Waals surface area contributed by atoms with Crippen LogP contribution in [-0.2, 0) is 14.8 Å². The minimum absolute atomic E-state index is 0.0319. The second-order valence-corrected chi connectivity index (χ2v) is 10.7. The van der Waals surface area contributed by atoms with Crippen molar-refractivity contribution in [2.24, 2.45) is 0 Å². The zero-order chi connectivity index (χ0) is 25.7. The summed E-state index contributed by atoms with van der Waals surface area (Å²) < 4.78 is 33.9. The first-order chi connectivity index (χ1) is 17.2. The van der Waals surface area contributed by atoms with Gasteiger partial charge in [-0.25, -0.2) is 8.42 Å². The summed E-state index contributed by atoms with van der Waals surface area (Å²) in [5.41, 5.74) is 0.505. The van der Waals surface area contributed by atoms with Gasteiger partial charge in [0.1, 0.15) is 12.3 Å². The highest BCUT2D eigenvalue weighted by atomic mass is 35.5. The fraction of sp³-hybridized carbons (Fsp3) is 0.0385. The molecule has 6 nitrogen and oxygen atoms in total. The maximum atomic E-state index is 13.5. The largest absolute Gasteiger partial charge is 0.455 e. The fourth-order valence-electron chi connectivity index (χ4n) is 3.30. The van der Waals surface area contributed by atoms with Gasteiger partial charge >= 0.3 is 0 Å². The van der Waals surface area contributed by atoms with Crippen LogP contribution in [0.15, 0.2) is 102 Å². The van der Waals surface area contributed by atoms with Gasteiger partial charge in [-0.15, -0.1) is 0 Å².